The van der Waals surface area contributed by atoms with Crippen LogP contribution in [0.25, 0.3) is 0 Å². The molecule has 0 radical (unpaired) electrons. The number of sulfonamides is 1. The second-order valence-electron chi connectivity index (χ2n) is 6.17. The second-order valence-corrected chi connectivity index (χ2v) is 7.85. The Bertz CT molecular complexity index is 672. The third-order valence-corrected chi connectivity index (χ3v) is 4.84. The molecule has 0 aliphatic rings. The van der Waals surface area contributed by atoms with Gasteiger partial charge in [-0.3, -0.25) is 4.79 Å². The first-order valence-corrected chi connectivity index (χ1v) is 9.76. The van der Waals surface area contributed by atoms with E-state index in [1.54, 1.807) is 13.8 Å². The molecule has 0 heterocycles. The van der Waals surface area contributed by atoms with Gasteiger partial charge in [-0.25, -0.2) is 13.1 Å². The van der Waals surface area contributed by atoms with E-state index in [1.807, 2.05) is 13.8 Å². The molecule has 0 bridgehead atoms. The lowest BCUT2D eigenvalue weighted by atomic mass is 10.2. The van der Waals surface area contributed by atoms with E-state index in [2.05, 4.69) is 10.0 Å². The van der Waals surface area contributed by atoms with Crippen molar-refractivity contribution in [2.75, 3.05) is 20.3 Å². The zero-order valence-corrected chi connectivity index (χ0v) is 16.3. The number of hydrogen-bond donors (Lipinski definition) is 2. The van der Waals surface area contributed by atoms with Crippen LogP contribution >= 0.6 is 0 Å². The van der Waals surface area contributed by atoms with Crippen molar-refractivity contribution in [1.29, 1.82) is 0 Å². The normalized spacial score (nSPS) is 11.8. The van der Waals surface area contributed by atoms with Crippen molar-refractivity contribution < 1.29 is 22.7 Å². The number of ether oxygens (including phenoxy) is 2. The third kappa shape index (κ3) is 7.01. The van der Waals surface area contributed by atoms with Gasteiger partial charge < -0.3 is 14.8 Å². The molecule has 0 unspecified atom stereocenters. The highest BCUT2D eigenvalue weighted by molar-refractivity contribution is 7.89. The Kier molecular flexibility index (Phi) is 8.34. The van der Waals surface area contributed by atoms with Crippen LogP contribution in [0.1, 0.15) is 44.5 Å². The summed E-state index contributed by atoms with van der Waals surface area (Å²) in [6, 6.07) is 4.07. The molecule has 8 heteroatoms. The van der Waals surface area contributed by atoms with Crippen molar-refractivity contribution in [3.8, 4) is 5.75 Å². The summed E-state index contributed by atoms with van der Waals surface area (Å²) in [4.78, 5) is 12.2. The topological polar surface area (TPSA) is 93.7 Å². The third-order valence-electron chi connectivity index (χ3n) is 3.16. The molecule has 0 aliphatic carbocycles. The van der Waals surface area contributed by atoms with Crippen LogP contribution in [0.4, 0.5) is 0 Å². The second kappa shape index (κ2) is 9.74. The number of nitrogens with one attached hydrogen (secondary N) is 2. The van der Waals surface area contributed by atoms with Gasteiger partial charge in [0.25, 0.3) is 5.91 Å². The summed E-state index contributed by atoms with van der Waals surface area (Å²) in [7, 11) is -2.38. The summed E-state index contributed by atoms with van der Waals surface area (Å²) in [5, 5.41) is 2.75. The van der Waals surface area contributed by atoms with E-state index in [0.29, 0.717) is 19.6 Å². The highest BCUT2D eigenvalue weighted by Gasteiger charge is 2.22. The number of rotatable bonds is 10. The lowest BCUT2D eigenvalue weighted by Crippen LogP contribution is -2.31. The molecule has 1 aromatic carbocycles. The molecule has 2 N–H and O–H groups in total. The molecule has 25 heavy (non-hydrogen) atoms. The van der Waals surface area contributed by atoms with E-state index in [1.165, 1.54) is 25.3 Å². The predicted octanol–water partition coefficient (Wildman–Crippen LogP) is 1.93. The summed E-state index contributed by atoms with van der Waals surface area (Å²) in [6.45, 7) is 8.34. The molecule has 1 aromatic rings. The van der Waals surface area contributed by atoms with Gasteiger partial charge in [-0.1, -0.05) is 0 Å². The van der Waals surface area contributed by atoms with Crippen molar-refractivity contribution in [3.05, 3.63) is 23.8 Å². The Hall–Kier alpha value is -1.64. The molecule has 7 nitrogen and oxygen atoms in total. The van der Waals surface area contributed by atoms with Crippen molar-refractivity contribution in [2.24, 2.45) is 0 Å². The van der Waals surface area contributed by atoms with Crippen molar-refractivity contribution in [2.45, 2.75) is 51.2 Å². The monoisotopic (exact) mass is 372 g/mol. The van der Waals surface area contributed by atoms with E-state index >= 15 is 0 Å². The van der Waals surface area contributed by atoms with Gasteiger partial charge in [-0.15, -0.1) is 0 Å². The van der Waals surface area contributed by atoms with Gasteiger partial charge >= 0.3 is 0 Å². The molecule has 0 aromatic heterocycles. The standard InChI is InChI=1S/C17H28N2O5S/c1-12(2)19-25(21,22)16-11-14(7-8-15(16)23-5)17(20)18-9-6-10-24-13(3)4/h7-8,11-13,19H,6,9-10H2,1-5H3,(H,18,20). The molecule has 0 saturated carbocycles. The van der Waals surface area contributed by atoms with Crippen LogP contribution in [0.2, 0.25) is 0 Å². The van der Waals surface area contributed by atoms with Crippen molar-refractivity contribution in [1.82, 2.24) is 10.0 Å². The van der Waals surface area contributed by atoms with E-state index in [0.717, 1.165) is 0 Å². The quantitative estimate of drug-likeness (QED) is 0.612. The largest absolute Gasteiger partial charge is 0.495 e. The summed E-state index contributed by atoms with van der Waals surface area (Å²) >= 11 is 0. The lowest BCUT2D eigenvalue weighted by Gasteiger charge is -2.14. The van der Waals surface area contributed by atoms with Crippen molar-refractivity contribution in [3.63, 3.8) is 0 Å². The molecular weight excluding hydrogens is 344 g/mol. The van der Waals surface area contributed by atoms with Crippen LogP contribution in [0.5, 0.6) is 5.75 Å². The zero-order valence-electron chi connectivity index (χ0n) is 15.5. The van der Waals surface area contributed by atoms with E-state index in [9.17, 15) is 13.2 Å². The Morgan fingerprint density at radius 2 is 1.88 bits per heavy atom. The molecule has 1 rings (SSSR count). The van der Waals surface area contributed by atoms with Crippen LogP contribution in [-0.4, -0.2) is 46.7 Å². The van der Waals surface area contributed by atoms with Crippen LogP contribution < -0.4 is 14.8 Å². The number of hydrogen-bond acceptors (Lipinski definition) is 5. The smallest absolute Gasteiger partial charge is 0.251 e. The summed E-state index contributed by atoms with van der Waals surface area (Å²) in [5.74, 6) is -0.150. The Balaban J connectivity index is 2.85. The molecular formula is C17H28N2O5S. The highest BCUT2D eigenvalue weighted by Crippen LogP contribution is 2.25. The predicted molar refractivity (Wildman–Crippen MR) is 96.5 cm³/mol. The van der Waals surface area contributed by atoms with Crippen LogP contribution in [-0.2, 0) is 14.8 Å². The van der Waals surface area contributed by atoms with Crippen LogP contribution in [0, 0.1) is 0 Å². The minimum atomic E-state index is -3.77. The first-order valence-electron chi connectivity index (χ1n) is 8.27. The maximum absolute atomic E-state index is 12.4. The first-order chi connectivity index (χ1) is 11.7. The average molecular weight is 372 g/mol. The maximum atomic E-state index is 12.4. The molecule has 0 saturated heterocycles. The number of carbonyl (C=O) groups excluding carboxylic acids is 1. The van der Waals surface area contributed by atoms with E-state index < -0.39 is 10.0 Å². The fourth-order valence-corrected chi connectivity index (χ4v) is 3.54. The highest BCUT2D eigenvalue weighted by atomic mass is 32.2. The molecule has 0 aliphatic heterocycles. The molecule has 1 amide bonds. The van der Waals surface area contributed by atoms with E-state index in [-0.39, 0.29) is 34.3 Å². The minimum Gasteiger partial charge on any atom is -0.495 e. The summed E-state index contributed by atoms with van der Waals surface area (Å²) in [6.07, 6.45) is 0.832. The fourth-order valence-electron chi connectivity index (χ4n) is 2.10. The number of methoxy groups -OCH3 is 1. The summed E-state index contributed by atoms with van der Waals surface area (Å²) < 4.78 is 37.9. The summed E-state index contributed by atoms with van der Waals surface area (Å²) in [5.41, 5.74) is 0.259. The minimum absolute atomic E-state index is 0.0560. The zero-order chi connectivity index (χ0) is 19.0. The van der Waals surface area contributed by atoms with Gasteiger partial charge in [0.2, 0.25) is 10.0 Å². The van der Waals surface area contributed by atoms with Gasteiger partial charge in [-0.2, -0.15) is 0 Å². The fraction of sp³-hybridized carbons (Fsp3) is 0.588. The Morgan fingerprint density at radius 1 is 1.20 bits per heavy atom. The first kappa shape index (κ1) is 21.4. The lowest BCUT2D eigenvalue weighted by molar-refractivity contribution is 0.0757. The van der Waals surface area contributed by atoms with Gasteiger partial charge in [0.05, 0.1) is 13.2 Å². The van der Waals surface area contributed by atoms with Gasteiger partial charge in [0.1, 0.15) is 10.6 Å². The van der Waals surface area contributed by atoms with Crippen LogP contribution in [0.3, 0.4) is 0 Å². The van der Waals surface area contributed by atoms with Gasteiger partial charge in [0, 0.05) is 24.8 Å². The van der Waals surface area contributed by atoms with Gasteiger partial charge in [0.15, 0.2) is 0 Å². The number of amides is 1. The van der Waals surface area contributed by atoms with Gasteiger partial charge in [-0.05, 0) is 52.3 Å². The number of carbonyl (C=O) groups is 1. The molecule has 142 valence electrons. The molecule has 0 fully saturated rings. The number of benzene rings is 1. The van der Waals surface area contributed by atoms with Crippen molar-refractivity contribution >= 4 is 15.9 Å². The Labute approximate surface area is 150 Å². The average Bonchev–Trinajstić information content (AvgIpc) is 2.52. The maximum Gasteiger partial charge on any atom is 0.251 e. The van der Waals surface area contributed by atoms with E-state index in [4.69, 9.17) is 9.47 Å². The molecule has 0 atom stereocenters. The van der Waals surface area contributed by atoms with Crippen LogP contribution in [0.15, 0.2) is 23.1 Å². The Morgan fingerprint density at radius 3 is 2.44 bits per heavy atom. The molecule has 0 spiro atoms. The SMILES string of the molecule is COc1ccc(C(=O)NCCCOC(C)C)cc1S(=O)(=O)NC(C)C.